The summed E-state index contributed by atoms with van der Waals surface area (Å²) in [7, 11) is 0. The van der Waals surface area contributed by atoms with E-state index in [0.717, 1.165) is 0 Å². The van der Waals surface area contributed by atoms with Crippen molar-refractivity contribution >= 4 is 17.8 Å². The first kappa shape index (κ1) is 17.6. The summed E-state index contributed by atoms with van der Waals surface area (Å²) in [5.41, 5.74) is 10.7. The maximum atomic E-state index is 12.0. The van der Waals surface area contributed by atoms with E-state index < -0.39 is 74.3 Å². The number of primary amides is 1. The third-order valence-corrected chi connectivity index (χ3v) is 3.53. The molecule has 0 aromatic rings. The summed E-state index contributed by atoms with van der Waals surface area (Å²) >= 11 is 0. The molecule has 0 aliphatic carbocycles. The molecule has 0 aromatic carbocycles. The molecule has 0 aromatic heterocycles. The summed E-state index contributed by atoms with van der Waals surface area (Å²) in [6.45, 7) is -1.62. The number of carboxylic acid groups (broad SMARTS) is 1. The summed E-state index contributed by atoms with van der Waals surface area (Å²) in [4.78, 5) is 35.1. The third-order valence-electron chi connectivity index (χ3n) is 3.53. The molecule has 1 fully saturated rings. The number of aliphatic hydroxyl groups excluding tert-OH is 3. The zero-order valence-electron chi connectivity index (χ0n) is 13.1. The Kier molecular flexibility index (Phi) is 5.85. The van der Waals surface area contributed by atoms with Crippen molar-refractivity contribution in [3.05, 3.63) is 0 Å². The molecule has 132 valence electrons. The molecule has 2 amide bonds. The fourth-order valence-electron chi connectivity index (χ4n) is 2.36. The molecule has 1 unspecified atom stereocenters. The Bertz CT molecular complexity index is 491. The van der Waals surface area contributed by atoms with Gasteiger partial charge >= 0.3 is 5.97 Å². The molecule has 23 heavy (non-hydrogen) atoms. The number of nitrogens with two attached hydrogens (primary N) is 2. The molecule has 6 atom stereocenters. The number of carboxylic acids is 1. The predicted octanol–water partition coefficient (Wildman–Crippen LogP) is -4.07. The van der Waals surface area contributed by atoms with Crippen LogP contribution in [0.1, 0.15) is 14.7 Å². The minimum absolute atomic E-state index is 0.530. The van der Waals surface area contributed by atoms with Gasteiger partial charge in [-0.25, -0.2) is 4.79 Å². The second-order valence-electron chi connectivity index (χ2n) is 5.13. The highest BCUT2D eigenvalue weighted by molar-refractivity contribution is 5.87. The topological polar surface area (TPSA) is 197 Å². The van der Waals surface area contributed by atoms with E-state index in [4.69, 9.17) is 17.6 Å². The van der Waals surface area contributed by atoms with Crippen LogP contribution in [0.25, 0.3) is 0 Å². The van der Waals surface area contributed by atoms with Crippen LogP contribution < -0.4 is 11.5 Å². The Morgan fingerprint density at radius 3 is 2.39 bits per heavy atom. The molecule has 0 radical (unpaired) electrons. The summed E-state index contributed by atoms with van der Waals surface area (Å²) in [6, 6.07) is -3.22. The lowest BCUT2D eigenvalue weighted by atomic mass is 9.95. The molecule has 11 nitrogen and oxygen atoms in total. The first-order valence-corrected chi connectivity index (χ1v) is 6.65. The Balaban J connectivity index is 3.24. The highest BCUT2D eigenvalue weighted by atomic mass is 16.5. The highest BCUT2D eigenvalue weighted by Crippen LogP contribution is 2.25. The van der Waals surface area contributed by atoms with Gasteiger partial charge in [-0.15, -0.1) is 0 Å². The van der Waals surface area contributed by atoms with Crippen molar-refractivity contribution in [2.75, 3.05) is 6.61 Å². The normalized spacial score (nSPS) is 32.7. The SMILES string of the molecule is [2H]CC(=O)N(C1O[C@H](CO)[C@@H](O)[C@H](O)[C@H]1N)[C@@H](CC(N)=O)C(=O)O. The van der Waals surface area contributed by atoms with E-state index in [9.17, 15) is 34.8 Å². The lowest BCUT2D eigenvalue weighted by Crippen LogP contribution is -2.69. The second-order valence-corrected chi connectivity index (χ2v) is 5.13. The number of carbonyl (C=O) groups excluding carboxylic acids is 2. The average Bonchev–Trinajstić information content (AvgIpc) is 2.53. The molecule has 1 rings (SSSR count). The van der Waals surface area contributed by atoms with Crippen molar-refractivity contribution in [2.24, 2.45) is 11.5 Å². The number of hydrogen-bond donors (Lipinski definition) is 6. The van der Waals surface area contributed by atoms with Gasteiger partial charge < -0.3 is 41.5 Å². The predicted molar refractivity (Wildman–Crippen MR) is 73.5 cm³/mol. The fraction of sp³-hybridized carbons (Fsp3) is 0.750. The van der Waals surface area contributed by atoms with E-state index >= 15 is 0 Å². The van der Waals surface area contributed by atoms with Gasteiger partial charge in [0, 0.05) is 8.27 Å². The number of aliphatic hydroxyl groups is 3. The minimum atomic E-state index is -1.78. The maximum absolute atomic E-state index is 12.0. The van der Waals surface area contributed by atoms with Crippen LogP contribution in [0.2, 0.25) is 0 Å². The van der Waals surface area contributed by atoms with Gasteiger partial charge in [0.1, 0.15) is 24.4 Å². The van der Waals surface area contributed by atoms with Crippen molar-refractivity contribution in [2.45, 2.75) is 49.9 Å². The first-order chi connectivity index (χ1) is 11.1. The maximum Gasteiger partial charge on any atom is 0.327 e. The number of rotatable bonds is 6. The lowest BCUT2D eigenvalue weighted by Gasteiger charge is -2.46. The van der Waals surface area contributed by atoms with Crippen LogP contribution in [-0.2, 0) is 19.1 Å². The molecule has 8 N–H and O–H groups in total. The number of ether oxygens (including phenoxy) is 1. The number of amides is 2. The fourth-order valence-corrected chi connectivity index (χ4v) is 2.36. The van der Waals surface area contributed by atoms with E-state index in [2.05, 4.69) is 0 Å². The summed E-state index contributed by atoms with van der Waals surface area (Å²) in [5, 5.41) is 38.1. The Morgan fingerprint density at radius 1 is 1.35 bits per heavy atom. The van der Waals surface area contributed by atoms with E-state index in [1.807, 2.05) is 0 Å². The molecule has 11 heteroatoms. The van der Waals surface area contributed by atoms with E-state index in [1.54, 1.807) is 0 Å². The molecule has 1 aliphatic heterocycles. The highest BCUT2D eigenvalue weighted by Gasteiger charge is 2.48. The molecular weight excluding hydrogens is 314 g/mol. The van der Waals surface area contributed by atoms with Crippen LogP contribution >= 0.6 is 0 Å². The van der Waals surface area contributed by atoms with Gasteiger partial charge in [-0.05, 0) is 0 Å². The zero-order chi connectivity index (χ0) is 18.6. The van der Waals surface area contributed by atoms with Crippen molar-refractivity contribution in [3.8, 4) is 0 Å². The van der Waals surface area contributed by atoms with Crippen LogP contribution in [0.4, 0.5) is 0 Å². The zero-order valence-corrected chi connectivity index (χ0v) is 12.1. The van der Waals surface area contributed by atoms with Crippen LogP contribution in [-0.4, -0.2) is 86.3 Å². The second kappa shape index (κ2) is 7.66. The van der Waals surface area contributed by atoms with Gasteiger partial charge in [-0.2, -0.15) is 0 Å². The summed E-state index contributed by atoms with van der Waals surface area (Å²) < 4.78 is 12.4. The Hall–Kier alpha value is -1.79. The third kappa shape index (κ3) is 4.14. The largest absolute Gasteiger partial charge is 0.480 e. The van der Waals surface area contributed by atoms with E-state index in [1.165, 1.54) is 0 Å². The summed E-state index contributed by atoms with van der Waals surface area (Å²) in [6.07, 6.45) is -6.89. The van der Waals surface area contributed by atoms with E-state index in [0.29, 0.717) is 4.90 Å². The number of aliphatic carboxylic acids is 1. The monoisotopic (exact) mass is 336 g/mol. The van der Waals surface area contributed by atoms with Crippen molar-refractivity contribution in [3.63, 3.8) is 0 Å². The standard InChI is InChI=1S/C12H21N3O8/c1-4(17)15(5(12(21)22)2-7(13)18)11-8(14)10(20)9(19)6(3-16)23-11/h5-6,8-11,16,19-20H,2-3,14H2,1H3,(H2,13,18)(H,21,22)/t5-,6+,8+,9+,10+,11?/m0/s1/i1D. The summed E-state index contributed by atoms with van der Waals surface area (Å²) in [5.74, 6) is -3.65. The van der Waals surface area contributed by atoms with Gasteiger partial charge in [0.05, 0.1) is 19.1 Å². The molecule has 0 spiro atoms. The Morgan fingerprint density at radius 2 is 1.96 bits per heavy atom. The number of nitrogens with zero attached hydrogens (tertiary/aromatic N) is 1. The van der Waals surface area contributed by atoms with Gasteiger partial charge in [0.2, 0.25) is 11.8 Å². The van der Waals surface area contributed by atoms with Gasteiger partial charge in [-0.3, -0.25) is 9.59 Å². The quantitative estimate of drug-likeness (QED) is 0.279. The van der Waals surface area contributed by atoms with Crippen LogP contribution in [0.15, 0.2) is 0 Å². The van der Waals surface area contributed by atoms with Gasteiger partial charge in [-0.1, -0.05) is 0 Å². The smallest absolute Gasteiger partial charge is 0.327 e. The van der Waals surface area contributed by atoms with Crippen LogP contribution in [0.5, 0.6) is 0 Å². The molecule has 0 bridgehead atoms. The molecule has 0 saturated carbocycles. The Labute approximate surface area is 132 Å². The molecule has 1 aliphatic rings. The minimum Gasteiger partial charge on any atom is -0.480 e. The number of carbonyl (C=O) groups is 3. The van der Waals surface area contributed by atoms with Crippen molar-refractivity contribution in [1.29, 1.82) is 0 Å². The molecule has 1 saturated heterocycles. The molecule has 1 heterocycles. The first-order valence-electron chi connectivity index (χ1n) is 7.35. The lowest BCUT2D eigenvalue weighted by molar-refractivity contribution is -0.232. The van der Waals surface area contributed by atoms with Crippen molar-refractivity contribution < 1.29 is 40.9 Å². The van der Waals surface area contributed by atoms with Gasteiger partial charge in [0.25, 0.3) is 0 Å². The van der Waals surface area contributed by atoms with E-state index in [-0.39, 0.29) is 0 Å². The molecular formula is C12H21N3O8. The number of hydrogen-bond acceptors (Lipinski definition) is 8. The average molecular weight is 336 g/mol. The van der Waals surface area contributed by atoms with Crippen LogP contribution in [0.3, 0.4) is 0 Å². The van der Waals surface area contributed by atoms with Gasteiger partial charge in [0.15, 0.2) is 6.23 Å². The van der Waals surface area contributed by atoms with Crippen LogP contribution in [0, 0.1) is 0 Å². The van der Waals surface area contributed by atoms with Crippen molar-refractivity contribution in [1.82, 2.24) is 4.90 Å².